The lowest BCUT2D eigenvalue weighted by molar-refractivity contribution is -0.128. The molecule has 0 saturated carbocycles. The van der Waals surface area contributed by atoms with E-state index in [1.165, 1.54) is 5.56 Å². The normalized spacial score (nSPS) is 15.5. The molecule has 2 heterocycles. The molecular weight excluding hydrogens is 282 g/mol. The summed E-state index contributed by atoms with van der Waals surface area (Å²) in [6.07, 6.45) is 4.46. The molecule has 1 fully saturated rings. The van der Waals surface area contributed by atoms with Crippen molar-refractivity contribution >= 4 is 11.9 Å². The van der Waals surface area contributed by atoms with Crippen molar-refractivity contribution in [2.75, 3.05) is 32.7 Å². The largest absolute Gasteiger partial charge is 0.341 e. The third-order valence-corrected chi connectivity index (χ3v) is 4.06. The van der Waals surface area contributed by atoms with E-state index in [0.29, 0.717) is 26.2 Å². The average Bonchev–Trinajstić information content (AvgIpc) is 2.76. The average molecular weight is 307 g/mol. The molecule has 7 heteroatoms. The van der Waals surface area contributed by atoms with Crippen LogP contribution in [0.25, 0.3) is 0 Å². The number of amides is 3. The first-order valence-corrected chi connectivity index (χ1v) is 7.85. The number of hydrogen-bond acceptors (Lipinski definition) is 3. The van der Waals surface area contributed by atoms with Gasteiger partial charge in [-0.2, -0.15) is 5.10 Å². The van der Waals surface area contributed by atoms with Gasteiger partial charge in [0, 0.05) is 45.3 Å². The minimum atomic E-state index is -0.0330. The number of H-pyrrole nitrogens is 1. The van der Waals surface area contributed by atoms with Crippen LogP contribution in [0.15, 0.2) is 6.20 Å². The van der Waals surface area contributed by atoms with E-state index in [1.807, 2.05) is 13.1 Å². The molecule has 2 rings (SSSR count). The lowest BCUT2D eigenvalue weighted by Gasteiger charge is -2.21. The van der Waals surface area contributed by atoms with Crippen molar-refractivity contribution in [3.63, 3.8) is 0 Å². The lowest BCUT2D eigenvalue weighted by Crippen LogP contribution is -2.42. The number of hydrogen-bond donors (Lipinski definition) is 2. The smallest absolute Gasteiger partial charge is 0.317 e. The van der Waals surface area contributed by atoms with Gasteiger partial charge in [-0.05, 0) is 31.7 Å². The Morgan fingerprint density at radius 1 is 1.27 bits per heavy atom. The van der Waals surface area contributed by atoms with Crippen LogP contribution in [0.3, 0.4) is 0 Å². The zero-order valence-electron chi connectivity index (χ0n) is 13.4. The van der Waals surface area contributed by atoms with Crippen LogP contribution in [0, 0.1) is 6.92 Å². The summed E-state index contributed by atoms with van der Waals surface area (Å²) < 4.78 is 0. The third-order valence-electron chi connectivity index (χ3n) is 4.06. The molecule has 0 radical (unpaired) electrons. The molecule has 122 valence electrons. The molecule has 2 N–H and O–H groups in total. The summed E-state index contributed by atoms with van der Waals surface area (Å²) in [6, 6.07) is -0.0330. The summed E-state index contributed by atoms with van der Waals surface area (Å²) in [5, 5.41) is 9.86. The number of aromatic nitrogens is 2. The highest BCUT2D eigenvalue weighted by Crippen LogP contribution is 2.06. The van der Waals surface area contributed by atoms with Crippen LogP contribution in [0.1, 0.15) is 31.0 Å². The van der Waals surface area contributed by atoms with Gasteiger partial charge in [0.1, 0.15) is 0 Å². The van der Waals surface area contributed by atoms with E-state index < -0.39 is 0 Å². The first kappa shape index (κ1) is 16.3. The molecule has 0 aromatic carbocycles. The Hall–Kier alpha value is -2.05. The summed E-state index contributed by atoms with van der Waals surface area (Å²) in [5.41, 5.74) is 2.28. The van der Waals surface area contributed by atoms with Crippen molar-refractivity contribution < 1.29 is 9.59 Å². The van der Waals surface area contributed by atoms with Gasteiger partial charge in [0.25, 0.3) is 0 Å². The number of urea groups is 1. The number of nitrogens with one attached hydrogen (secondary N) is 2. The first-order valence-electron chi connectivity index (χ1n) is 7.85. The first-order chi connectivity index (χ1) is 10.6. The van der Waals surface area contributed by atoms with Gasteiger partial charge in [-0.15, -0.1) is 0 Å². The van der Waals surface area contributed by atoms with Crippen molar-refractivity contribution in [1.29, 1.82) is 0 Å². The predicted octanol–water partition coefficient (Wildman–Crippen LogP) is 0.915. The van der Waals surface area contributed by atoms with E-state index in [0.717, 1.165) is 31.5 Å². The second kappa shape index (κ2) is 7.82. The second-order valence-corrected chi connectivity index (χ2v) is 5.70. The predicted molar refractivity (Wildman–Crippen MR) is 83.5 cm³/mol. The summed E-state index contributed by atoms with van der Waals surface area (Å²) in [4.78, 5) is 27.1. The zero-order valence-corrected chi connectivity index (χ0v) is 13.4. The van der Waals surface area contributed by atoms with Crippen LogP contribution < -0.4 is 5.32 Å². The van der Waals surface area contributed by atoms with Gasteiger partial charge in [-0.1, -0.05) is 0 Å². The Kier molecular flexibility index (Phi) is 5.80. The van der Waals surface area contributed by atoms with Gasteiger partial charge < -0.3 is 15.1 Å². The topological polar surface area (TPSA) is 81.3 Å². The van der Waals surface area contributed by atoms with Gasteiger partial charge in [0.2, 0.25) is 5.91 Å². The fraction of sp³-hybridized carbons (Fsp3) is 0.667. The molecule has 7 nitrogen and oxygen atoms in total. The van der Waals surface area contributed by atoms with Crippen molar-refractivity contribution in [2.24, 2.45) is 0 Å². The molecule has 0 aliphatic carbocycles. The number of rotatable bonds is 4. The monoisotopic (exact) mass is 307 g/mol. The molecule has 1 saturated heterocycles. The molecule has 1 aliphatic rings. The highest BCUT2D eigenvalue weighted by Gasteiger charge is 2.19. The van der Waals surface area contributed by atoms with Crippen LogP contribution in [-0.2, 0) is 11.2 Å². The molecule has 1 aromatic heterocycles. The van der Waals surface area contributed by atoms with E-state index in [4.69, 9.17) is 0 Å². The molecule has 0 atom stereocenters. The zero-order chi connectivity index (χ0) is 15.9. The van der Waals surface area contributed by atoms with Gasteiger partial charge in [-0.3, -0.25) is 9.89 Å². The number of aryl methyl sites for hydroxylation is 2. The highest BCUT2D eigenvalue weighted by molar-refractivity contribution is 5.75. The van der Waals surface area contributed by atoms with Crippen molar-refractivity contribution in [2.45, 2.75) is 33.1 Å². The second-order valence-electron chi connectivity index (χ2n) is 5.70. The van der Waals surface area contributed by atoms with Crippen LogP contribution in [0.4, 0.5) is 4.79 Å². The highest BCUT2D eigenvalue weighted by atomic mass is 16.2. The molecule has 0 unspecified atom stereocenters. The van der Waals surface area contributed by atoms with Crippen LogP contribution >= 0.6 is 0 Å². The van der Waals surface area contributed by atoms with E-state index in [2.05, 4.69) is 15.5 Å². The maximum atomic E-state index is 12.1. The number of carbonyl (C=O) groups is 2. The quantitative estimate of drug-likeness (QED) is 0.811. The van der Waals surface area contributed by atoms with E-state index in [-0.39, 0.29) is 11.9 Å². The Labute approximate surface area is 131 Å². The van der Waals surface area contributed by atoms with Crippen molar-refractivity contribution in [3.05, 3.63) is 17.5 Å². The SMILES string of the molecule is CC(=O)N1CCCN(C(=O)NCCCc2cn[nH]c2C)CC1. The molecule has 1 aromatic rings. The summed E-state index contributed by atoms with van der Waals surface area (Å²) >= 11 is 0. The van der Waals surface area contributed by atoms with Crippen molar-refractivity contribution in [3.8, 4) is 0 Å². The summed E-state index contributed by atoms with van der Waals surface area (Å²) in [5.74, 6) is 0.0812. The molecular formula is C15H25N5O2. The molecule has 3 amide bonds. The van der Waals surface area contributed by atoms with Crippen LogP contribution in [-0.4, -0.2) is 64.7 Å². The summed E-state index contributed by atoms with van der Waals surface area (Å²) in [7, 11) is 0. The number of aromatic amines is 1. The van der Waals surface area contributed by atoms with E-state index in [1.54, 1.807) is 16.7 Å². The van der Waals surface area contributed by atoms with Gasteiger partial charge in [0.15, 0.2) is 0 Å². The van der Waals surface area contributed by atoms with E-state index >= 15 is 0 Å². The molecule has 0 bridgehead atoms. The third kappa shape index (κ3) is 4.47. The summed E-state index contributed by atoms with van der Waals surface area (Å²) in [6.45, 7) is 6.89. The number of carbonyl (C=O) groups excluding carboxylic acids is 2. The van der Waals surface area contributed by atoms with Gasteiger partial charge in [-0.25, -0.2) is 4.79 Å². The van der Waals surface area contributed by atoms with Crippen LogP contribution in [0.5, 0.6) is 0 Å². The molecule has 22 heavy (non-hydrogen) atoms. The Balaban J connectivity index is 1.68. The van der Waals surface area contributed by atoms with Crippen LogP contribution in [0.2, 0.25) is 0 Å². The minimum absolute atomic E-state index is 0.0330. The van der Waals surface area contributed by atoms with E-state index in [9.17, 15) is 9.59 Å². The minimum Gasteiger partial charge on any atom is -0.341 e. The fourth-order valence-electron chi connectivity index (χ4n) is 2.65. The Morgan fingerprint density at radius 3 is 2.68 bits per heavy atom. The Bertz CT molecular complexity index is 514. The maximum Gasteiger partial charge on any atom is 0.317 e. The Morgan fingerprint density at radius 2 is 2.00 bits per heavy atom. The van der Waals surface area contributed by atoms with Crippen molar-refractivity contribution in [1.82, 2.24) is 25.3 Å². The maximum absolute atomic E-state index is 12.1. The standard InChI is InChI=1S/C15H25N5O2/c1-12-14(11-17-18-12)5-3-6-16-15(22)20-8-4-7-19(9-10-20)13(2)21/h11H,3-10H2,1-2H3,(H,16,22)(H,17,18). The van der Waals surface area contributed by atoms with Gasteiger partial charge >= 0.3 is 6.03 Å². The molecule has 0 spiro atoms. The number of nitrogens with zero attached hydrogens (tertiary/aromatic N) is 3. The molecule has 1 aliphatic heterocycles. The van der Waals surface area contributed by atoms with Gasteiger partial charge in [0.05, 0.1) is 6.20 Å². The lowest BCUT2D eigenvalue weighted by atomic mass is 10.1. The fourth-order valence-corrected chi connectivity index (χ4v) is 2.65.